The molecule has 1 aliphatic rings. The molecule has 1 aliphatic heterocycles. The Labute approximate surface area is 84.3 Å². The smallest absolute Gasteiger partial charge is 0.123 e. The van der Waals surface area contributed by atoms with E-state index in [0.717, 1.165) is 30.5 Å². The molecule has 0 saturated heterocycles. The van der Waals surface area contributed by atoms with E-state index in [0.29, 0.717) is 6.04 Å². The standard InChI is InChI=1S/C12H16FN/c1-3-12-11-7-9(13)6-8(2)10(11)4-5-14-12/h6-7,12,14H,3-5H2,1-2H3. The number of aryl methyl sites for hydroxylation is 1. The number of halogens is 1. The molecule has 1 N–H and O–H groups in total. The van der Waals surface area contributed by atoms with Crippen LogP contribution in [0, 0.1) is 12.7 Å². The second-order valence-corrected chi connectivity index (χ2v) is 3.96. The van der Waals surface area contributed by atoms with Crippen LogP contribution in [0.3, 0.4) is 0 Å². The highest BCUT2D eigenvalue weighted by molar-refractivity contribution is 5.39. The number of hydrogen-bond acceptors (Lipinski definition) is 1. The maximum atomic E-state index is 13.2. The molecule has 0 spiro atoms. The van der Waals surface area contributed by atoms with Crippen molar-refractivity contribution in [2.24, 2.45) is 0 Å². The van der Waals surface area contributed by atoms with Gasteiger partial charge in [-0.15, -0.1) is 0 Å². The predicted molar refractivity (Wildman–Crippen MR) is 55.9 cm³/mol. The van der Waals surface area contributed by atoms with E-state index in [1.165, 1.54) is 5.56 Å². The first-order valence-corrected chi connectivity index (χ1v) is 5.24. The number of hydrogen-bond donors (Lipinski definition) is 1. The van der Waals surface area contributed by atoms with E-state index in [9.17, 15) is 4.39 Å². The highest BCUT2D eigenvalue weighted by atomic mass is 19.1. The number of nitrogens with one attached hydrogen (secondary N) is 1. The van der Waals surface area contributed by atoms with Crippen LogP contribution in [-0.2, 0) is 6.42 Å². The van der Waals surface area contributed by atoms with Crippen molar-refractivity contribution in [3.05, 3.63) is 34.6 Å². The summed E-state index contributed by atoms with van der Waals surface area (Å²) in [6.07, 6.45) is 2.05. The molecule has 0 aromatic heterocycles. The molecule has 2 heteroatoms. The van der Waals surface area contributed by atoms with Crippen LogP contribution in [0.2, 0.25) is 0 Å². The molecule has 0 fully saturated rings. The lowest BCUT2D eigenvalue weighted by molar-refractivity contribution is 0.486. The molecule has 0 bridgehead atoms. The summed E-state index contributed by atoms with van der Waals surface area (Å²) in [5.74, 6) is -0.108. The lowest BCUT2D eigenvalue weighted by Gasteiger charge is -2.27. The van der Waals surface area contributed by atoms with Gasteiger partial charge in [0.05, 0.1) is 0 Å². The Bertz CT molecular complexity index is 346. The molecule has 1 atom stereocenters. The molecule has 1 aromatic carbocycles. The van der Waals surface area contributed by atoms with Crippen LogP contribution < -0.4 is 5.32 Å². The average Bonchev–Trinajstić information content (AvgIpc) is 2.17. The van der Waals surface area contributed by atoms with Crippen molar-refractivity contribution in [2.45, 2.75) is 32.7 Å². The van der Waals surface area contributed by atoms with Crippen LogP contribution in [0.15, 0.2) is 12.1 Å². The van der Waals surface area contributed by atoms with Gasteiger partial charge in [-0.1, -0.05) is 6.92 Å². The molecule has 0 amide bonds. The Morgan fingerprint density at radius 3 is 3.00 bits per heavy atom. The van der Waals surface area contributed by atoms with Gasteiger partial charge in [-0.05, 0) is 55.1 Å². The lowest BCUT2D eigenvalue weighted by atomic mass is 9.89. The minimum absolute atomic E-state index is 0.108. The summed E-state index contributed by atoms with van der Waals surface area (Å²) in [6, 6.07) is 3.66. The zero-order chi connectivity index (χ0) is 10.1. The van der Waals surface area contributed by atoms with Gasteiger partial charge in [0.25, 0.3) is 0 Å². The van der Waals surface area contributed by atoms with Crippen molar-refractivity contribution in [3.8, 4) is 0 Å². The van der Waals surface area contributed by atoms with Crippen LogP contribution in [-0.4, -0.2) is 6.54 Å². The molecular weight excluding hydrogens is 177 g/mol. The quantitative estimate of drug-likeness (QED) is 0.723. The summed E-state index contributed by atoms with van der Waals surface area (Å²) in [5.41, 5.74) is 3.60. The van der Waals surface area contributed by atoms with Gasteiger partial charge in [-0.25, -0.2) is 4.39 Å². The lowest BCUT2D eigenvalue weighted by Crippen LogP contribution is -2.30. The SMILES string of the molecule is CCC1NCCc2c(C)cc(F)cc21. The van der Waals surface area contributed by atoms with Crippen molar-refractivity contribution in [2.75, 3.05) is 6.54 Å². The second-order valence-electron chi connectivity index (χ2n) is 3.96. The molecule has 14 heavy (non-hydrogen) atoms. The van der Waals surface area contributed by atoms with Gasteiger partial charge < -0.3 is 5.32 Å². The fourth-order valence-corrected chi connectivity index (χ4v) is 2.30. The van der Waals surface area contributed by atoms with Gasteiger partial charge in [0.2, 0.25) is 0 Å². The summed E-state index contributed by atoms with van der Waals surface area (Å²) in [7, 11) is 0. The fraction of sp³-hybridized carbons (Fsp3) is 0.500. The third-order valence-electron chi connectivity index (χ3n) is 3.02. The molecule has 1 aromatic rings. The summed E-state index contributed by atoms with van der Waals surface area (Å²) >= 11 is 0. The normalized spacial score (nSPS) is 20.6. The summed E-state index contributed by atoms with van der Waals surface area (Å²) in [5, 5.41) is 3.41. The Morgan fingerprint density at radius 2 is 2.29 bits per heavy atom. The van der Waals surface area contributed by atoms with Crippen LogP contribution >= 0.6 is 0 Å². The Balaban J connectivity index is 2.51. The van der Waals surface area contributed by atoms with Crippen molar-refractivity contribution >= 4 is 0 Å². The summed E-state index contributed by atoms with van der Waals surface area (Å²) in [6.45, 7) is 5.14. The van der Waals surface area contributed by atoms with Crippen molar-refractivity contribution in [3.63, 3.8) is 0 Å². The molecular formula is C12H16FN. The van der Waals surface area contributed by atoms with Gasteiger partial charge in [-0.2, -0.15) is 0 Å². The van der Waals surface area contributed by atoms with E-state index >= 15 is 0 Å². The molecule has 1 nitrogen and oxygen atoms in total. The topological polar surface area (TPSA) is 12.0 Å². The van der Waals surface area contributed by atoms with Gasteiger partial charge in [0.1, 0.15) is 5.82 Å². The number of rotatable bonds is 1. The third-order valence-corrected chi connectivity index (χ3v) is 3.02. The highest BCUT2D eigenvalue weighted by Gasteiger charge is 2.20. The highest BCUT2D eigenvalue weighted by Crippen LogP contribution is 2.28. The fourth-order valence-electron chi connectivity index (χ4n) is 2.30. The summed E-state index contributed by atoms with van der Waals surface area (Å²) in [4.78, 5) is 0. The predicted octanol–water partition coefficient (Wildman–Crippen LogP) is 2.73. The van der Waals surface area contributed by atoms with Gasteiger partial charge in [0, 0.05) is 6.04 Å². The molecule has 76 valence electrons. The van der Waals surface area contributed by atoms with Gasteiger partial charge in [0.15, 0.2) is 0 Å². The Morgan fingerprint density at radius 1 is 1.50 bits per heavy atom. The van der Waals surface area contributed by atoms with Crippen LogP contribution in [0.5, 0.6) is 0 Å². The minimum atomic E-state index is -0.108. The van der Waals surface area contributed by atoms with Crippen molar-refractivity contribution < 1.29 is 4.39 Å². The zero-order valence-electron chi connectivity index (χ0n) is 8.73. The largest absolute Gasteiger partial charge is 0.310 e. The molecule has 1 unspecified atom stereocenters. The van der Waals surface area contributed by atoms with Crippen LogP contribution in [0.25, 0.3) is 0 Å². The first kappa shape index (κ1) is 9.66. The van der Waals surface area contributed by atoms with E-state index in [-0.39, 0.29) is 5.82 Å². The maximum Gasteiger partial charge on any atom is 0.123 e. The van der Waals surface area contributed by atoms with E-state index in [2.05, 4.69) is 12.2 Å². The summed E-state index contributed by atoms with van der Waals surface area (Å²) < 4.78 is 13.2. The van der Waals surface area contributed by atoms with Crippen molar-refractivity contribution in [1.82, 2.24) is 5.32 Å². The monoisotopic (exact) mass is 193 g/mol. The molecule has 2 rings (SSSR count). The minimum Gasteiger partial charge on any atom is -0.310 e. The molecule has 0 aliphatic carbocycles. The Hall–Kier alpha value is -0.890. The number of benzene rings is 1. The van der Waals surface area contributed by atoms with E-state index in [1.807, 2.05) is 6.92 Å². The number of fused-ring (bicyclic) bond motifs is 1. The van der Waals surface area contributed by atoms with E-state index in [1.54, 1.807) is 12.1 Å². The van der Waals surface area contributed by atoms with Gasteiger partial charge in [-0.3, -0.25) is 0 Å². The van der Waals surface area contributed by atoms with Crippen molar-refractivity contribution in [1.29, 1.82) is 0 Å². The first-order chi connectivity index (χ1) is 6.72. The third kappa shape index (κ3) is 1.55. The Kier molecular flexibility index (Phi) is 2.55. The molecule has 0 saturated carbocycles. The van der Waals surface area contributed by atoms with Crippen LogP contribution in [0.1, 0.15) is 36.1 Å². The first-order valence-electron chi connectivity index (χ1n) is 5.24. The molecule has 1 heterocycles. The van der Waals surface area contributed by atoms with Crippen LogP contribution in [0.4, 0.5) is 4.39 Å². The maximum absolute atomic E-state index is 13.2. The molecule has 0 radical (unpaired) electrons. The average molecular weight is 193 g/mol. The van der Waals surface area contributed by atoms with E-state index < -0.39 is 0 Å². The zero-order valence-corrected chi connectivity index (χ0v) is 8.73. The van der Waals surface area contributed by atoms with Gasteiger partial charge >= 0.3 is 0 Å². The second kappa shape index (κ2) is 3.70. The van der Waals surface area contributed by atoms with E-state index in [4.69, 9.17) is 0 Å².